The molecule has 18 heavy (non-hydrogen) atoms. The average molecular weight is 279 g/mol. The summed E-state index contributed by atoms with van der Waals surface area (Å²) in [5, 5.41) is 0. The molecule has 0 spiro atoms. The first-order chi connectivity index (χ1) is 8.60. The number of rotatable bonds is 4. The molecule has 0 aromatic heterocycles. The van der Waals surface area contributed by atoms with Gasteiger partial charge in [-0.2, -0.15) is 0 Å². The topological polar surface area (TPSA) is 3.24 Å². The van der Waals surface area contributed by atoms with E-state index in [9.17, 15) is 0 Å². The zero-order chi connectivity index (χ0) is 13.5. The molecule has 0 atom stereocenters. The molecule has 0 amide bonds. The minimum Gasteiger partial charge on any atom is -0.360 e. The highest BCUT2D eigenvalue weighted by Crippen LogP contribution is 2.22. The minimum atomic E-state index is 0.954. The van der Waals surface area contributed by atoms with Gasteiger partial charge < -0.3 is 4.90 Å². The number of allylic oxidation sites excluding steroid dienone is 1. The lowest BCUT2D eigenvalue weighted by atomic mass is 9.98. The second-order valence-corrected chi connectivity index (χ2v) is 5.71. The molecule has 0 radical (unpaired) electrons. The molecule has 3 heteroatoms. The fourth-order valence-corrected chi connectivity index (χ4v) is 2.40. The number of hydrogen-bond acceptors (Lipinski definition) is 2. The van der Waals surface area contributed by atoms with Crippen molar-refractivity contribution >= 4 is 33.9 Å². The Morgan fingerprint density at radius 1 is 1.39 bits per heavy atom. The predicted molar refractivity (Wildman–Crippen MR) is 88.2 cm³/mol. The van der Waals surface area contributed by atoms with Crippen molar-refractivity contribution in [2.24, 2.45) is 0 Å². The van der Waals surface area contributed by atoms with Gasteiger partial charge in [-0.25, -0.2) is 0 Å². The molecule has 0 saturated carbocycles. The van der Waals surface area contributed by atoms with Gasteiger partial charge in [0.15, 0.2) is 0 Å². The molecular formula is C15H21NS2. The van der Waals surface area contributed by atoms with E-state index in [1.807, 2.05) is 6.26 Å². The number of thioether (sulfide) groups is 1. The average Bonchev–Trinajstić information content (AvgIpc) is 2.40. The fourth-order valence-electron chi connectivity index (χ4n) is 1.90. The second-order valence-electron chi connectivity index (χ2n) is 4.27. The zero-order valence-electron chi connectivity index (χ0n) is 11.6. The molecule has 0 fully saturated rings. The lowest BCUT2D eigenvalue weighted by Gasteiger charge is -2.19. The van der Waals surface area contributed by atoms with Crippen LogP contribution in [0.5, 0.6) is 0 Å². The highest BCUT2D eigenvalue weighted by molar-refractivity contribution is 8.22. The number of aryl methyl sites for hydroxylation is 1. The molecule has 0 bridgehead atoms. The van der Waals surface area contributed by atoms with Crippen LogP contribution in [0.25, 0.3) is 5.57 Å². The molecule has 1 aromatic rings. The molecule has 0 aliphatic rings. The van der Waals surface area contributed by atoms with Gasteiger partial charge in [0, 0.05) is 13.6 Å². The Morgan fingerprint density at radius 3 is 2.61 bits per heavy atom. The molecule has 1 rings (SSSR count). The molecular weight excluding hydrogens is 258 g/mol. The van der Waals surface area contributed by atoms with E-state index in [0.29, 0.717) is 0 Å². The maximum absolute atomic E-state index is 5.28. The summed E-state index contributed by atoms with van der Waals surface area (Å²) in [4.78, 5) is 2.14. The lowest BCUT2D eigenvalue weighted by molar-refractivity contribution is 0.534. The first kappa shape index (κ1) is 15.3. The Kier molecular flexibility index (Phi) is 6.44. The smallest absolute Gasteiger partial charge is 0.135 e. The second kappa shape index (κ2) is 7.59. The zero-order valence-corrected chi connectivity index (χ0v) is 13.2. The van der Waals surface area contributed by atoms with Gasteiger partial charge in [0.1, 0.15) is 4.32 Å². The third kappa shape index (κ3) is 4.14. The molecule has 98 valence electrons. The molecule has 1 nitrogen and oxygen atoms in total. The Labute approximate surface area is 120 Å². The van der Waals surface area contributed by atoms with Crippen molar-refractivity contribution in [1.29, 1.82) is 0 Å². The summed E-state index contributed by atoms with van der Waals surface area (Å²) in [6.07, 6.45) is 5.26. The monoisotopic (exact) mass is 279 g/mol. The number of thiocarbonyl (C=S) groups is 1. The number of nitrogens with zero attached hydrogens (tertiary/aromatic N) is 1. The Hall–Kier alpha value is -0.800. The summed E-state index contributed by atoms with van der Waals surface area (Å²) in [5.74, 6) is 0. The van der Waals surface area contributed by atoms with E-state index in [1.54, 1.807) is 11.8 Å². The summed E-state index contributed by atoms with van der Waals surface area (Å²) in [5.41, 5.74) is 4.08. The highest BCUT2D eigenvalue weighted by Gasteiger charge is 2.07. The van der Waals surface area contributed by atoms with Crippen LogP contribution in [0.4, 0.5) is 0 Å². The summed E-state index contributed by atoms with van der Waals surface area (Å²) < 4.78 is 0.954. The lowest BCUT2D eigenvalue weighted by Crippen LogP contribution is -2.23. The Morgan fingerprint density at radius 2 is 2.06 bits per heavy atom. The first-order valence-electron chi connectivity index (χ1n) is 6.10. The fraction of sp³-hybridized carbons (Fsp3) is 0.400. The Bertz CT molecular complexity index is 438. The van der Waals surface area contributed by atoms with Gasteiger partial charge >= 0.3 is 0 Å². The van der Waals surface area contributed by atoms with Gasteiger partial charge in [-0.05, 0) is 43.2 Å². The van der Waals surface area contributed by atoms with E-state index in [-0.39, 0.29) is 0 Å². The Balaban J connectivity index is 2.71. The third-order valence-corrected chi connectivity index (χ3v) is 4.51. The van der Waals surface area contributed by atoms with Crippen LogP contribution >= 0.6 is 24.0 Å². The van der Waals surface area contributed by atoms with E-state index in [4.69, 9.17) is 12.2 Å². The molecule has 0 N–H and O–H groups in total. The van der Waals surface area contributed by atoms with Crippen LogP contribution in [0.1, 0.15) is 24.5 Å². The normalized spacial score (nSPS) is 11.4. The highest BCUT2D eigenvalue weighted by atomic mass is 32.2. The van der Waals surface area contributed by atoms with E-state index in [1.165, 1.54) is 16.7 Å². The first-order valence-corrected chi connectivity index (χ1v) is 7.73. The molecule has 0 aliphatic carbocycles. The van der Waals surface area contributed by atoms with E-state index >= 15 is 0 Å². The molecule has 0 aliphatic heterocycles. The van der Waals surface area contributed by atoms with Crippen LogP contribution < -0.4 is 0 Å². The maximum atomic E-state index is 5.28. The van der Waals surface area contributed by atoms with Crippen LogP contribution in [-0.2, 0) is 0 Å². The predicted octanol–water partition coefficient (Wildman–Crippen LogP) is 4.37. The van der Waals surface area contributed by atoms with Gasteiger partial charge in [-0.3, -0.25) is 0 Å². The van der Waals surface area contributed by atoms with Crippen molar-refractivity contribution in [3.63, 3.8) is 0 Å². The SMILES string of the molecule is C/C=C(/CCN(C)C(=S)SC)c1ccccc1C. The summed E-state index contributed by atoms with van der Waals surface area (Å²) >= 11 is 6.91. The van der Waals surface area contributed by atoms with Gasteiger partial charge in [0.25, 0.3) is 0 Å². The van der Waals surface area contributed by atoms with Crippen molar-refractivity contribution in [2.45, 2.75) is 20.3 Å². The summed E-state index contributed by atoms with van der Waals surface area (Å²) in [6.45, 7) is 5.23. The minimum absolute atomic E-state index is 0.954. The van der Waals surface area contributed by atoms with Gasteiger partial charge in [0.05, 0.1) is 0 Å². The van der Waals surface area contributed by atoms with Crippen molar-refractivity contribution in [3.05, 3.63) is 41.5 Å². The standard InChI is InChI=1S/C15H21NS2/c1-5-13(10-11-16(3)15(17)18-4)14-9-7-6-8-12(14)2/h5-9H,10-11H2,1-4H3/b13-5-. The van der Waals surface area contributed by atoms with Gasteiger partial charge in [-0.15, -0.1) is 11.8 Å². The summed E-state index contributed by atoms with van der Waals surface area (Å²) in [7, 11) is 2.06. The van der Waals surface area contributed by atoms with Crippen molar-refractivity contribution in [3.8, 4) is 0 Å². The van der Waals surface area contributed by atoms with Gasteiger partial charge in [0.2, 0.25) is 0 Å². The van der Waals surface area contributed by atoms with Crippen LogP contribution in [0.2, 0.25) is 0 Å². The van der Waals surface area contributed by atoms with Crippen LogP contribution in [0.15, 0.2) is 30.3 Å². The van der Waals surface area contributed by atoms with E-state index in [0.717, 1.165) is 17.3 Å². The molecule has 0 heterocycles. The van der Waals surface area contributed by atoms with E-state index in [2.05, 4.69) is 56.1 Å². The van der Waals surface area contributed by atoms with Crippen LogP contribution in [0, 0.1) is 6.92 Å². The third-order valence-electron chi connectivity index (χ3n) is 3.04. The quantitative estimate of drug-likeness (QED) is 0.754. The molecule has 1 aromatic carbocycles. The van der Waals surface area contributed by atoms with Gasteiger partial charge in [-0.1, -0.05) is 42.6 Å². The van der Waals surface area contributed by atoms with Crippen molar-refractivity contribution in [1.82, 2.24) is 4.90 Å². The van der Waals surface area contributed by atoms with Crippen LogP contribution in [-0.4, -0.2) is 29.1 Å². The van der Waals surface area contributed by atoms with Crippen molar-refractivity contribution in [2.75, 3.05) is 19.8 Å². The molecule has 0 saturated heterocycles. The van der Waals surface area contributed by atoms with Crippen molar-refractivity contribution < 1.29 is 0 Å². The molecule has 0 unspecified atom stereocenters. The largest absolute Gasteiger partial charge is 0.360 e. The van der Waals surface area contributed by atoms with E-state index < -0.39 is 0 Å². The number of hydrogen-bond donors (Lipinski definition) is 0. The number of benzene rings is 1. The summed E-state index contributed by atoms with van der Waals surface area (Å²) in [6, 6.07) is 8.54. The maximum Gasteiger partial charge on any atom is 0.135 e. The van der Waals surface area contributed by atoms with Crippen LogP contribution in [0.3, 0.4) is 0 Å².